The monoisotopic (exact) mass is 304 g/mol. The van der Waals surface area contributed by atoms with E-state index in [-0.39, 0.29) is 5.56 Å². The first-order valence-electron chi connectivity index (χ1n) is 6.01. The molecule has 0 saturated carbocycles. The van der Waals surface area contributed by atoms with Gasteiger partial charge in [-0.2, -0.15) is 0 Å². The lowest BCUT2D eigenvalue weighted by molar-refractivity contribution is 0.895. The lowest BCUT2D eigenvalue weighted by Crippen LogP contribution is -2.22. The highest BCUT2D eigenvalue weighted by molar-refractivity contribution is 6.31. The highest BCUT2D eigenvalue weighted by Gasteiger charge is 2.10. The Morgan fingerprint density at radius 3 is 2.35 bits per heavy atom. The third-order valence-corrected chi connectivity index (χ3v) is 3.57. The summed E-state index contributed by atoms with van der Waals surface area (Å²) in [6, 6.07) is 12.2. The number of halogens is 2. The second-order valence-corrected chi connectivity index (χ2v) is 5.31. The maximum absolute atomic E-state index is 12.6. The minimum Gasteiger partial charge on any atom is -0.268 e. The van der Waals surface area contributed by atoms with Gasteiger partial charge in [-0.05, 0) is 49.4 Å². The predicted molar refractivity (Wildman–Crippen MR) is 82.1 cm³/mol. The van der Waals surface area contributed by atoms with Gasteiger partial charge in [0.05, 0.1) is 16.6 Å². The normalized spacial score (nSPS) is 10.9. The lowest BCUT2D eigenvalue weighted by atomic mass is 10.2. The number of hydrogen-bond acceptors (Lipinski definition) is 2. The van der Waals surface area contributed by atoms with Gasteiger partial charge in [-0.15, -0.1) is 0 Å². The Labute approximate surface area is 125 Å². The van der Waals surface area contributed by atoms with Crippen LogP contribution in [0, 0.1) is 6.92 Å². The highest BCUT2D eigenvalue weighted by atomic mass is 35.5. The number of aryl methyl sites for hydroxylation is 1. The van der Waals surface area contributed by atoms with Crippen LogP contribution in [-0.4, -0.2) is 9.55 Å². The zero-order valence-corrected chi connectivity index (χ0v) is 12.1. The van der Waals surface area contributed by atoms with Gasteiger partial charge in [0.25, 0.3) is 5.56 Å². The zero-order chi connectivity index (χ0) is 14.3. The minimum absolute atomic E-state index is 0.141. The molecule has 3 aromatic rings. The smallest absolute Gasteiger partial charge is 0.266 e. The Kier molecular flexibility index (Phi) is 3.24. The fourth-order valence-electron chi connectivity index (χ4n) is 2.16. The molecule has 3 rings (SSSR count). The quantitative estimate of drug-likeness (QED) is 0.681. The summed E-state index contributed by atoms with van der Waals surface area (Å²) < 4.78 is 1.55. The number of aromatic nitrogens is 2. The molecule has 3 nitrogen and oxygen atoms in total. The summed E-state index contributed by atoms with van der Waals surface area (Å²) in [5.74, 6) is 0.618. The van der Waals surface area contributed by atoms with Crippen LogP contribution in [0.4, 0.5) is 0 Å². The van der Waals surface area contributed by atoms with Crippen LogP contribution in [0.25, 0.3) is 16.6 Å². The zero-order valence-electron chi connectivity index (χ0n) is 10.6. The number of hydrogen-bond donors (Lipinski definition) is 0. The van der Waals surface area contributed by atoms with Crippen molar-refractivity contribution in [1.82, 2.24) is 9.55 Å². The fourth-order valence-corrected chi connectivity index (χ4v) is 2.46. The van der Waals surface area contributed by atoms with E-state index >= 15 is 0 Å². The molecule has 0 radical (unpaired) electrons. The third-order valence-electron chi connectivity index (χ3n) is 3.08. The maximum Gasteiger partial charge on any atom is 0.266 e. The van der Waals surface area contributed by atoms with Crippen LogP contribution in [0.2, 0.25) is 10.0 Å². The summed E-state index contributed by atoms with van der Waals surface area (Å²) in [4.78, 5) is 17.1. The van der Waals surface area contributed by atoms with Crippen molar-refractivity contribution in [1.29, 1.82) is 0 Å². The van der Waals surface area contributed by atoms with E-state index in [1.807, 2.05) is 0 Å². The average Bonchev–Trinajstić information content (AvgIpc) is 2.42. The first-order valence-corrected chi connectivity index (χ1v) is 6.77. The molecule has 0 amide bonds. The van der Waals surface area contributed by atoms with Gasteiger partial charge in [-0.25, -0.2) is 4.98 Å². The molecule has 20 heavy (non-hydrogen) atoms. The van der Waals surface area contributed by atoms with Gasteiger partial charge in [-0.1, -0.05) is 23.2 Å². The largest absolute Gasteiger partial charge is 0.268 e. The van der Waals surface area contributed by atoms with E-state index in [4.69, 9.17) is 23.2 Å². The molecule has 0 atom stereocenters. The van der Waals surface area contributed by atoms with Crippen LogP contribution in [-0.2, 0) is 0 Å². The van der Waals surface area contributed by atoms with Crippen molar-refractivity contribution in [3.63, 3.8) is 0 Å². The molecular weight excluding hydrogens is 295 g/mol. The number of fused-ring (bicyclic) bond motifs is 1. The molecule has 0 unspecified atom stereocenters. The summed E-state index contributed by atoms with van der Waals surface area (Å²) in [5, 5.41) is 1.64. The molecule has 0 saturated heterocycles. The van der Waals surface area contributed by atoms with E-state index in [0.717, 1.165) is 5.69 Å². The Balaban J connectivity index is 2.36. The standard InChI is InChI=1S/C15H10Cl2N2O/c1-9-18-14-7-4-11(17)8-13(14)15(20)19(9)12-5-2-10(16)3-6-12/h2-8H,1H3. The molecule has 1 heterocycles. The maximum atomic E-state index is 12.6. The van der Waals surface area contributed by atoms with Gasteiger partial charge in [-0.3, -0.25) is 9.36 Å². The average molecular weight is 305 g/mol. The summed E-state index contributed by atoms with van der Waals surface area (Å²) in [6.45, 7) is 1.80. The van der Waals surface area contributed by atoms with E-state index in [1.165, 1.54) is 0 Å². The number of nitrogens with zero attached hydrogens (tertiary/aromatic N) is 2. The van der Waals surface area contributed by atoms with Gasteiger partial charge in [0.1, 0.15) is 5.82 Å². The fraction of sp³-hybridized carbons (Fsp3) is 0.0667. The number of benzene rings is 2. The Hall–Kier alpha value is -1.84. The molecule has 0 bridgehead atoms. The van der Waals surface area contributed by atoms with Crippen LogP contribution < -0.4 is 5.56 Å². The van der Waals surface area contributed by atoms with Crippen molar-refractivity contribution in [2.75, 3.05) is 0 Å². The Morgan fingerprint density at radius 1 is 1.00 bits per heavy atom. The van der Waals surface area contributed by atoms with Gasteiger partial charge < -0.3 is 0 Å². The molecule has 100 valence electrons. The van der Waals surface area contributed by atoms with Crippen molar-refractivity contribution >= 4 is 34.1 Å². The van der Waals surface area contributed by atoms with Gasteiger partial charge >= 0.3 is 0 Å². The highest BCUT2D eigenvalue weighted by Crippen LogP contribution is 2.18. The molecule has 0 N–H and O–H groups in total. The summed E-state index contributed by atoms with van der Waals surface area (Å²) >= 11 is 11.8. The van der Waals surface area contributed by atoms with Crippen LogP contribution in [0.15, 0.2) is 47.3 Å². The summed E-state index contributed by atoms with van der Waals surface area (Å²) in [5.41, 5.74) is 1.23. The van der Waals surface area contributed by atoms with Crippen molar-refractivity contribution < 1.29 is 0 Å². The second-order valence-electron chi connectivity index (χ2n) is 4.44. The van der Waals surface area contributed by atoms with E-state index in [9.17, 15) is 4.79 Å². The molecule has 0 fully saturated rings. The SMILES string of the molecule is Cc1nc2ccc(Cl)cc2c(=O)n1-c1ccc(Cl)cc1. The summed E-state index contributed by atoms with van der Waals surface area (Å²) in [6.07, 6.45) is 0. The van der Waals surface area contributed by atoms with E-state index in [2.05, 4.69) is 4.98 Å². The molecule has 0 aliphatic rings. The van der Waals surface area contributed by atoms with Crippen molar-refractivity contribution in [2.24, 2.45) is 0 Å². The first-order chi connectivity index (χ1) is 9.56. The van der Waals surface area contributed by atoms with Crippen LogP contribution in [0.3, 0.4) is 0 Å². The number of rotatable bonds is 1. The molecule has 0 spiro atoms. The molecule has 1 aromatic heterocycles. The van der Waals surface area contributed by atoms with Crippen molar-refractivity contribution in [2.45, 2.75) is 6.92 Å². The molecule has 2 aromatic carbocycles. The van der Waals surface area contributed by atoms with Crippen LogP contribution in [0.5, 0.6) is 0 Å². The van der Waals surface area contributed by atoms with Crippen molar-refractivity contribution in [3.05, 3.63) is 68.7 Å². The van der Waals surface area contributed by atoms with Gasteiger partial charge in [0, 0.05) is 10.0 Å². The Morgan fingerprint density at radius 2 is 1.65 bits per heavy atom. The lowest BCUT2D eigenvalue weighted by Gasteiger charge is -2.11. The summed E-state index contributed by atoms with van der Waals surface area (Å²) in [7, 11) is 0. The molecule has 0 aliphatic heterocycles. The first kappa shape index (κ1) is 13.2. The van der Waals surface area contributed by atoms with E-state index in [0.29, 0.717) is 26.8 Å². The minimum atomic E-state index is -0.141. The third kappa shape index (κ3) is 2.19. The molecular formula is C15H10Cl2N2O. The van der Waals surface area contributed by atoms with Crippen LogP contribution >= 0.6 is 23.2 Å². The van der Waals surface area contributed by atoms with E-state index < -0.39 is 0 Å². The Bertz CT molecular complexity index is 854. The molecule has 5 heteroatoms. The van der Waals surface area contributed by atoms with Crippen LogP contribution in [0.1, 0.15) is 5.82 Å². The van der Waals surface area contributed by atoms with Crippen molar-refractivity contribution in [3.8, 4) is 5.69 Å². The predicted octanol–water partition coefficient (Wildman–Crippen LogP) is 4.00. The molecule has 0 aliphatic carbocycles. The topological polar surface area (TPSA) is 34.9 Å². The van der Waals surface area contributed by atoms with Gasteiger partial charge in [0.15, 0.2) is 0 Å². The second kappa shape index (κ2) is 4.93. The van der Waals surface area contributed by atoms with E-state index in [1.54, 1.807) is 54.0 Å². The van der Waals surface area contributed by atoms with Gasteiger partial charge in [0.2, 0.25) is 0 Å².